The predicted molar refractivity (Wildman–Crippen MR) is 87.5 cm³/mol. The van der Waals surface area contributed by atoms with Crippen LogP contribution in [-0.2, 0) is 25.6 Å². The summed E-state index contributed by atoms with van der Waals surface area (Å²) in [6, 6.07) is 12.6. The van der Waals surface area contributed by atoms with E-state index < -0.39 is 18.2 Å². The minimum atomic E-state index is -0.505. The highest BCUT2D eigenvalue weighted by atomic mass is 16.7. The van der Waals surface area contributed by atoms with Crippen molar-refractivity contribution in [1.82, 2.24) is 10.3 Å². The van der Waals surface area contributed by atoms with Crippen molar-refractivity contribution in [2.45, 2.75) is 12.9 Å². The fourth-order valence-corrected chi connectivity index (χ4v) is 2.25. The Bertz CT molecular complexity index is 712. The standard InChI is InChI=1S/C18H18N2O5/c21-16(25-12-13-4-2-1-3-5-13)11-20-17(22)14-6-7-15(19-10-14)18-23-8-9-24-18/h1-7,10,18H,8-9,11-12H2,(H,20,22). The Hall–Kier alpha value is -2.77. The van der Waals surface area contributed by atoms with E-state index in [2.05, 4.69) is 10.3 Å². The van der Waals surface area contributed by atoms with E-state index in [0.717, 1.165) is 5.56 Å². The summed E-state index contributed by atoms with van der Waals surface area (Å²) >= 11 is 0. The molecule has 0 saturated carbocycles. The van der Waals surface area contributed by atoms with Gasteiger partial charge in [-0.2, -0.15) is 0 Å². The number of carbonyl (C=O) groups is 2. The number of pyridine rings is 1. The molecule has 0 aliphatic carbocycles. The van der Waals surface area contributed by atoms with Crippen LogP contribution >= 0.6 is 0 Å². The maximum Gasteiger partial charge on any atom is 0.325 e. The van der Waals surface area contributed by atoms with E-state index in [9.17, 15) is 9.59 Å². The molecule has 0 bridgehead atoms. The van der Waals surface area contributed by atoms with Gasteiger partial charge in [0.05, 0.1) is 24.5 Å². The number of benzene rings is 1. The topological polar surface area (TPSA) is 86.8 Å². The van der Waals surface area contributed by atoms with Gasteiger partial charge in [0.2, 0.25) is 6.29 Å². The van der Waals surface area contributed by atoms with Gasteiger partial charge in [-0.1, -0.05) is 30.3 Å². The molecule has 1 aliphatic rings. The van der Waals surface area contributed by atoms with Gasteiger partial charge in [-0.3, -0.25) is 14.6 Å². The highest BCUT2D eigenvalue weighted by Gasteiger charge is 2.20. The molecular weight excluding hydrogens is 324 g/mol. The summed E-state index contributed by atoms with van der Waals surface area (Å²) in [5.74, 6) is -0.904. The van der Waals surface area contributed by atoms with Crippen LogP contribution in [0.1, 0.15) is 27.9 Å². The number of rotatable bonds is 6. The van der Waals surface area contributed by atoms with Crippen LogP contribution in [0.4, 0.5) is 0 Å². The molecule has 1 saturated heterocycles. The van der Waals surface area contributed by atoms with Gasteiger partial charge in [0.25, 0.3) is 5.91 Å². The van der Waals surface area contributed by atoms with Gasteiger partial charge < -0.3 is 19.5 Å². The SMILES string of the molecule is O=C(CNC(=O)c1ccc(C2OCCO2)nc1)OCc1ccccc1. The lowest BCUT2D eigenvalue weighted by Gasteiger charge is -2.09. The molecule has 7 heteroatoms. The first kappa shape index (κ1) is 17.1. The Morgan fingerprint density at radius 3 is 2.56 bits per heavy atom. The third-order valence-corrected chi connectivity index (χ3v) is 3.55. The van der Waals surface area contributed by atoms with Crippen molar-refractivity contribution in [2.75, 3.05) is 19.8 Å². The van der Waals surface area contributed by atoms with E-state index in [1.165, 1.54) is 6.20 Å². The number of ether oxygens (including phenoxy) is 3. The van der Waals surface area contributed by atoms with Crippen molar-refractivity contribution in [1.29, 1.82) is 0 Å². The van der Waals surface area contributed by atoms with Crippen molar-refractivity contribution >= 4 is 11.9 Å². The lowest BCUT2D eigenvalue weighted by atomic mass is 10.2. The third kappa shape index (κ3) is 4.85. The van der Waals surface area contributed by atoms with Crippen molar-refractivity contribution < 1.29 is 23.8 Å². The van der Waals surface area contributed by atoms with Crippen LogP contribution in [-0.4, -0.2) is 36.6 Å². The van der Waals surface area contributed by atoms with Crippen LogP contribution in [0.2, 0.25) is 0 Å². The summed E-state index contributed by atoms with van der Waals surface area (Å²) in [5, 5.41) is 2.51. The number of hydrogen-bond donors (Lipinski definition) is 1. The summed E-state index contributed by atoms with van der Waals surface area (Å²) < 4.78 is 15.8. The van der Waals surface area contributed by atoms with Gasteiger partial charge in [-0.15, -0.1) is 0 Å². The minimum absolute atomic E-state index is 0.174. The van der Waals surface area contributed by atoms with Crippen molar-refractivity contribution in [3.8, 4) is 0 Å². The quantitative estimate of drug-likeness (QED) is 0.803. The molecule has 0 atom stereocenters. The second-order valence-electron chi connectivity index (χ2n) is 5.37. The number of nitrogens with one attached hydrogen (secondary N) is 1. The Morgan fingerprint density at radius 1 is 1.12 bits per heavy atom. The average Bonchev–Trinajstić information content (AvgIpc) is 3.20. The molecule has 2 heterocycles. The van der Waals surface area contributed by atoms with E-state index in [0.29, 0.717) is 24.5 Å². The monoisotopic (exact) mass is 342 g/mol. The van der Waals surface area contributed by atoms with Crippen LogP contribution in [0.25, 0.3) is 0 Å². The summed E-state index contributed by atoms with van der Waals surface area (Å²) in [6.45, 7) is 1.02. The Balaban J connectivity index is 1.44. The van der Waals surface area contributed by atoms with E-state index in [1.54, 1.807) is 12.1 Å². The molecule has 25 heavy (non-hydrogen) atoms. The first-order chi connectivity index (χ1) is 12.2. The molecule has 7 nitrogen and oxygen atoms in total. The molecule has 1 aromatic carbocycles. The first-order valence-electron chi connectivity index (χ1n) is 7.89. The zero-order valence-corrected chi connectivity index (χ0v) is 13.5. The molecule has 1 N–H and O–H groups in total. The lowest BCUT2D eigenvalue weighted by molar-refractivity contribution is -0.143. The molecule has 1 aromatic heterocycles. The molecule has 3 rings (SSSR count). The molecule has 130 valence electrons. The number of aromatic nitrogens is 1. The first-order valence-corrected chi connectivity index (χ1v) is 7.89. The minimum Gasteiger partial charge on any atom is -0.460 e. The summed E-state index contributed by atoms with van der Waals surface area (Å²) in [7, 11) is 0. The zero-order chi connectivity index (χ0) is 17.5. The maximum absolute atomic E-state index is 12.0. The van der Waals surface area contributed by atoms with E-state index in [4.69, 9.17) is 14.2 Å². The molecule has 0 unspecified atom stereocenters. The van der Waals surface area contributed by atoms with E-state index >= 15 is 0 Å². The predicted octanol–water partition coefficient (Wildman–Crippen LogP) is 1.60. The summed E-state index contributed by atoms with van der Waals surface area (Å²) in [5.41, 5.74) is 1.84. The molecule has 1 aliphatic heterocycles. The smallest absolute Gasteiger partial charge is 0.325 e. The van der Waals surface area contributed by atoms with Crippen LogP contribution in [0, 0.1) is 0 Å². The second-order valence-corrected chi connectivity index (χ2v) is 5.37. The molecule has 1 fully saturated rings. The number of amides is 1. The van der Waals surface area contributed by atoms with Gasteiger partial charge in [0.15, 0.2) is 0 Å². The Kier molecular flexibility index (Phi) is 5.71. The van der Waals surface area contributed by atoms with Crippen LogP contribution in [0.15, 0.2) is 48.7 Å². The van der Waals surface area contributed by atoms with Crippen molar-refractivity contribution in [3.63, 3.8) is 0 Å². The van der Waals surface area contributed by atoms with Gasteiger partial charge in [0.1, 0.15) is 13.2 Å². The number of esters is 1. The average molecular weight is 342 g/mol. The van der Waals surface area contributed by atoms with Gasteiger partial charge in [-0.05, 0) is 17.7 Å². The molecule has 1 amide bonds. The van der Waals surface area contributed by atoms with Crippen LogP contribution < -0.4 is 5.32 Å². The van der Waals surface area contributed by atoms with E-state index in [-0.39, 0.29) is 13.2 Å². The molecule has 2 aromatic rings. The zero-order valence-electron chi connectivity index (χ0n) is 13.5. The van der Waals surface area contributed by atoms with Crippen molar-refractivity contribution in [3.05, 3.63) is 65.5 Å². The largest absolute Gasteiger partial charge is 0.460 e. The Labute approximate surface area is 144 Å². The highest BCUT2D eigenvalue weighted by Crippen LogP contribution is 2.21. The normalized spacial score (nSPS) is 14.2. The number of nitrogens with zero attached hydrogens (tertiary/aromatic N) is 1. The fourth-order valence-electron chi connectivity index (χ4n) is 2.25. The highest BCUT2D eigenvalue weighted by molar-refractivity contribution is 5.95. The molecular formula is C18H18N2O5. The number of carbonyl (C=O) groups excluding carboxylic acids is 2. The number of hydrogen-bond acceptors (Lipinski definition) is 6. The molecule has 0 spiro atoms. The van der Waals surface area contributed by atoms with Gasteiger partial charge >= 0.3 is 5.97 Å². The van der Waals surface area contributed by atoms with Gasteiger partial charge in [0, 0.05) is 6.20 Å². The third-order valence-electron chi connectivity index (χ3n) is 3.55. The molecule has 0 radical (unpaired) electrons. The van der Waals surface area contributed by atoms with E-state index in [1.807, 2.05) is 30.3 Å². The lowest BCUT2D eigenvalue weighted by Crippen LogP contribution is -2.30. The fraction of sp³-hybridized carbons (Fsp3) is 0.278. The Morgan fingerprint density at radius 2 is 1.88 bits per heavy atom. The van der Waals surface area contributed by atoms with Crippen LogP contribution in [0.3, 0.4) is 0 Å². The van der Waals surface area contributed by atoms with Crippen LogP contribution in [0.5, 0.6) is 0 Å². The van der Waals surface area contributed by atoms with Crippen molar-refractivity contribution in [2.24, 2.45) is 0 Å². The summed E-state index contributed by atoms with van der Waals surface area (Å²) in [4.78, 5) is 27.9. The maximum atomic E-state index is 12.0. The van der Waals surface area contributed by atoms with Gasteiger partial charge in [-0.25, -0.2) is 0 Å². The second kappa shape index (κ2) is 8.36. The summed E-state index contributed by atoms with van der Waals surface area (Å²) in [6.07, 6.45) is 0.940.